The number of amides is 2. The Morgan fingerprint density at radius 1 is 1.02 bits per heavy atom. The number of hydrogen-bond acceptors (Lipinski definition) is 5. The molecular weight excluding hydrogens is 532 g/mol. The van der Waals surface area contributed by atoms with Crippen molar-refractivity contribution in [2.24, 2.45) is 13.0 Å². The van der Waals surface area contributed by atoms with Gasteiger partial charge in [0.25, 0.3) is 5.56 Å². The fourth-order valence-corrected chi connectivity index (χ4v) is 4.52. The van der Waals surface area contributed by atoms with Gasteiger partial charge in [-0.1, -0.05) is 53.3 Å². The quantitative estimate of drug-likeness (QED) is 0.338. The van der Waals surface area contributed by atoms with Crippen molar-refractivity contribution >= 4 is 34.8 Å². The van der Waals surface area contributed by atoms with E-state index in [-0.39, 0.29) is 41.5 Å². The van der Waals surface area contributed by atoms with Crippen molar-refractivity contribution in [3.8, 4) is 11.8 Å². The van der Waals surface area contributed by atoms with Gasteiger partial charge in [-0.05, 0) is 56.0 Å². The Kier molecular flexibility index (Phi) is 9.59. The summed E-state index contributed by atoms with van der Waals surface area (Å²) in [6, 6.07) is 14.9. The van der Waals surface area contributed by atoms with E-state index in [1.165, 1.54) is 7.05 Å². The Balaban J connectivity index is 1.41. The lowest BCUT2D eigenvalue weighted by atomic mass is 9.99. The highest BCUT2D eigenvalue weighted by atomic mass is 35.5. The minimum atomic E-state index is -0.693. The Labute approximate surface area is 237 Å². The third kappa shape index (κ3) is 7.29. The molecule has 0 atom stereocenters. The van der Waals surface area contributed by atoms with Gasteiger partial charge in [0, 0.05) is 43.9 Å². The van der Waals surface area contributed by atoms with Crippen LogP contribution in [0.15, 0.2) is 58.1 Å². The van der Waals surface area contributed by atoms with Crippen LogP contribution in [0.2, 0.25) is 5.15 Å². The minimum Gasteiger partial charge on any atom is -0.381 e. The Bertz CT molecular complexity index is 1560. The predicted molar refractivity (Wildman–Crippen MR) is 155 cm³/mol. The number of carbonyl (C=O) groups excluding carboxylic acids is 2. The van der Waals surface area contributed by atoms with Crippen LogP contribution < -0.4 is 21.9 Å². The molecule has 2 N–H and O–H groups in total. The predicted octanol–water partition coefficient (Wildman–Crippen LogP) is 3.50. The molecule has 4 rings (SSSR count). The standard InChI is InChI=1S/C30H31ClN4O5/c1-20-5-7-22(8-6-20)11-14-25(36)33-26-27(31)35(30(39)34(2)29(26)38)17-3-4-21-9-12-24(13-10-21)32-28(37)23-15-18-40-19-16-23/h5-10,12-13,23H,11,14-19H2,1-2H3,(H,32,37)(H,33,36). The molecule has 2 amide bonds. The molecule has 0 unspecified atom stereocenters. The summed E-state index contributed by atoms with van der Waals surface area (Å²) >= 11 is 6.40. The van der Waals surface area contributed by atoms with Crippen molar-refractivity contribution in [3.63, 3.8) is 0 Å². The first-order chi connectivity index (χ1) is 19.2. The highest BCUT2D eigenvalue weighted by Gasteiger charge is 2.21. The summed E-state index contributed by atoms with van der Waals surface area (Å²) in [7, 11) is 1.32. The molecule has 0 saturated carbocycles. The number of anilines is 2. The summed E-state index contributed by atoms with van der Waals surface area (Å²) in [6.45, 7) is 3.08. The monoisotopic (exact) mass is 562 g/mol. The molecule has 208 valence electrons. The third-order valence-electron chi connectivity index (χ3n) is 6.72. The number of hydrogen-bond donors (Lipinski definition) is 2. The zero-order valence-electron chi connectivity index (χ0n) is 22.5. The van der Waals surface area contributed by atoms with Crippen molar-refractivity contribution in [1.82, 2.24) is 9.13 Å². The molecule has 1 saturated heterocycles. The zero-order valence-corrected chi connectivity index (χ0v) is 23.2. The summed E-state index contributed by atoms with van der Waals surface area (Å²) in [6.07, 6.45) is 2.06. The lowest BCUT2D eigenvalue weighted by Gasteiger charge is -2.21. The van der Waals surface area contributed by atoms with Gasteiger partial charge >= 0.3 is 5.69 Å². The van der Waals surface area contributed by atoms with Crippen molar-refractivity contribution < 1.29 is 14.3 Å². The molecule has 3 aromatic rings. The van der Waals surface area contributed by atoms with E-state index in [4.69, 9.17) is 16.3 Å². The van der Waals surface area contributed by atoms with E-state index in [0.717, 1.165) is 20.3 Å². The average Bonchev–Trinajstić information content (AvgIpc) is 2.97. The molecule has 0 aliphatic carbocycles. The first-order valence-corrected chi connectivity index (χ1v) is 13.4. The fourth-order valence-electron chi connectivity index (χ4n) is 4.26. The maximum Gasteiger partial charge on any atom is 0.332 e. The number of aromatic nitrogens is 2. The summed E-state index contributed by atoms with van der Waals surface area (Å²) in [5.74, 6) is 5.38. The number of nitrogens with zero attached hydrogens (tertiary/aromatic N) is 2. The second-order valence-electron chi connectivity index (χ2n) is 9.69. The van der Waals surface area contributed by atoms with E-state index in [1.54, 1.807) is 24.3 Å². The molecule has 0 spiro atoms. The van der Waals surface area contributed by atoms with Gasteiger partial charge in [-0.25, -0.2) is 4.79 Å². The Morgan fingerprint density at radius 2 is 1.70 bits per heavy atom. The van der Waals surface area contributed by atoms with Gasteiger partial charge in [0.15, 0.2) is 0 Å². The van der Waals surface area contributed by atoms with E-state index < -0.39 is 11.2 Å². The third-order valence-corrected chi connectivity index (χ3v) is 7.11. The smallest absolute Gasteiger partial charge is 0.332 e. The molecule has 2 heterocycles. The van der Waals surface area contributed by atoms with Crippen LogP contribution >= 0.6 is 11.6 Å². The molecule has 0 radical (unpaired) electrons. The van der Waals surface area contributed by atoms with Crippen molar-refractivity contribution in [3.05, 3.63) is 91.2 Å². The average molecular weight is 563 g/mol. The van der Waals surface area contributed by atoms with Gasteiger partial charge in [-0.3, -0.25) is 23.5 Å². The van der Waals surface area contributed by atoms with E-state index in [1.807, 2.05) is 31.2 Å². The molecule has 10 heteroatoms. The molecule has 1 aliphatic rings. The minimum absolute atomic E-state index is 0.0242. The molecule has 1 aromatic heterocycles. The number of benzene rings is 2. The summed E-state index contributed by atoms with van der Waals surface area (Å²) in [5, 5.41) is 5.30. The fraction of sp³-hybridized carbons (Fsp3) is 0.333. The van der Waals surface area contributed by atoms with Crippen LogP contribution in [0.25, 0.3) is 0 Å². The van der Waals surface area contributed by atoms with E-state index in [9.17, 15) is 19.2 Å². The number of halogens is 1. The number of ether oxygens (including phenoxy) is 1. The van der Waals surface area contributed by atoms with Gasteiger partial charge < -0.3 is 15.4 Å². The maximum atomic E-state index is 12.7. The summed E-state index contributed by atoms with van der Waals surface area (Å²) in [5.41, 5.74) is 1.96. The normalized spacial score (nSPS) is 13.3. The van der Waals surface area contributed by atoms with Crippen LogP contribution in [0.1, 0.15) is 36.0 Å². The first-order valence-electron chi connectivity index (χ1n) is 13.0. The Morgan fingerprint density at radius 3 is 2.38 bits per heavy atom. The number of nitrogens with one attached hydrogen (secondary N) is 2. The van der Waals surface area contributed by atoms with Gasteiger partial charge in [0.05, 0.1) is 6.54 Å². The van der Waals surface area contributed by atoms with Crippen molar-refractivity contribution in [1.29, 1.82) is 0 Å². The van der Waals surface area contributed by atoms with Gasteiger partial charge in [-0.2, -0.15) is 0 Å². The van der Waals surface area contributed by atoms with E-state index in [2.05, 4.69) is 22.5 Å². The largest absolute Gasteiger partial charge is 0.381 e. The lowest BCUT2D eigenvalue weighted by molar-refractivity contribution is -0.122. The van der Waals surface area contributed by atoms with Gasteiger partial charge in [0.2, 0.25) is 11.8 Å². The molecule has 0 bridgehead atoms. The molecule has 40 heavy (non-hydrogen) atoms. The summed E-state index contributed by atoms with van der Waals surface area (Å²) < 4.78 is 7.32. The van der Waals surface area contributed by atoms with Crippen LogP contribution in [0.5, 0.6) is 0 Å². The van der Waals surface area contributed by atoms with E-state index >= 15 is 0 Å². The number of aryl methyl sites for hydroxylation is 2. The molecule has 1 fully saturated rings. The van der Waals surface area contributed by atoms with Crippen LogP contribution in [-0.4, -0.2) is 34.2 Å². The van der Waals surface area contributed by atoms with Gasteiger partial charge in [-0.15, -0.1) is 0 Å². The number of carbonyl (C=O) groups is 2. The highest BCUT2D eigenvalue weighted by Crippen LogP contribution is 2.19. The zero-order chi connectivity index (χ0) is 28.6. The first kappa shape index (κ1) is 28.9. The van der Waals surface area contributed by atoms with Crippen LogP contribution in [0, 0.1) is 24.7 Å². The van der Waals surface area contributed by atoms with E-state index in [0.29, 0.717) is 43.7 Å². The molecule has 9 nitrogen and oxygen atoms in total. The molecule has 2 aromatic carbocycles. The van der Waals surface area contributed by atoms with Crippen LogP contribution in [0.3, 0.4) is 0 Å². The topological polar surface area (TPSA) is 111 Å². The second kappa shape index (κ2) is 13.3. The van der Waals surface area contributed by atoms with Crippen molar-refractivity contribution in [2.75, 3.05) is 23.8 Å². The lowest BCUT2D eigenvalue weighted by Crippen LogP contribution is -2.40. The van der Waals surface area contributed by atoms with Crippen LogP contribution in [0.4, 0.5) is 11.4 Å². The van der Waals surface area contributed by atoms with Crippen molar-refractivity contribution in [2.45, 2.75) is 39.2 Å². The van der Waals surface area contributed by atoms with Gasteiger partial charge in [0.1, 0.15) is 10.8 Å². The SMILES string of the molecule is Cc1ccc(CCC(=O)Nc2c(Cl)n(CC#Cc3ccc(NC(=O)C4CCOCC4)cc3)c(=O)n(C)c2=O)cc1. The highest BCUT2D eigenvalue weighted by molar-refractivity contribution is 6.32. The molecule has 1 aliphatic heterocycles. The van der Waals surface area contributed by atoms with Crippen LogP contribution in [-0.2, 0) is 34.3 Å². The number of rotatable bonds is 7. The maximum absolute atomic E-state index is 12.7. The molecular formula is C30H31ClN4O5. The second-order valence-corrected chi connectivity index (χ2v) is 10.0. The summed E-state index contributed by atoms with van der Waals surface area (Å²) in [4.78, 5) is 50.4. The Hall–Kier alpha value is -4.13.